The van der Waals surface area contributed by atoms with Crippen molar-refractivity contribution in [2.45, 2.75) is 36.2 Å². The van der Waals surface area contributed by atoms with Crippen LogP contribution in [0.1, 0.15) is 25.8 Å². The first kappa shape index (κ1) is 17.2. The van der Waals surface area contributed by atoms with Crippen molar-refractivity contribution in [1.82, 2.24) is 14.8 Å². The summed E-state index contributed by atoms with van der Waals surface area (Å²) in [4.78, 5) is 13.5. The number of rotatable bonds is 6. The number of benzene rings is 1. The molecule has 1 aliphatic carbocycles. The summed E-state index contributed by atoms with van der Waals surface area (Å²) < 4.78 is 15.9. The number of thiophene rings is 1. The number of nitrogens with one attached hydrogen (secondary N) is 1. The van der Waals surface area contributed by atoms with Crippen LogP contribution >= 0.6 is 23.1 Å². The number of thioether (sulfide) groups is 1. The third kappa shape index (κ3) is 3.52. The van der Waals surface area contributed by atoms with Crippen molar-refractivity contribution in [3.05, 3.63) is 47.6 Å². The Labute approximate surface area is 158 Å². The van der Waals surface area contributed by atoms with Crippen LogP contribution in [0.15, 0.2) is 46.9 Å². The molecule has 8 heteroatoms. The van der Waals surface area contributed by atoms with Crippen molar-refractivity contribution in [2.24, 2.45) is 0 Å². The van der Waals surface area contributed by atoms with Crippen molar-refractivity contribution in [3.63, 3.8) is 0 Å². The molecule has 134 valence electrons. The van der Waals surface area contributed by atoms with Gasteiger partial charge in [-0.2, -0.15) is 0 Å². The number of nitrogens with zero attached hydrogens (tertiary/aromatic N) is 3. The molecule has 0 spiro atoms. The first-order valence-electron chi connectivity index (χ1n) is 8.34. The zero-order valence-electron chi connectivity index (χ0n) is 14.1. The molecule has 1 fully saturated rings. The average Bonchev–Trinajstić information content (AvgIpc) is 3.16. The third-order valence-electron chi connectivity index (χ3n) is 4.10. The fourth-order valence-electron chi connectivity index (χ4n) is 2.60. The van der Waals surface area contributed by atoms with Gasteiger partial charge in [0.15, 0.2) is 11.0 Å². The molecular weight excluding hydrogens is 371 g/mol. The number of halogens is 1. The Morgan fingerprint density at radius 1 is 1.31 bits per heavy atom. The van der Waals surface area contributed by atoms with Crippen LogP contribution in [-0.2, 0) is 4.79 Å². The van der Waals surface area contributed by atoms with Crippen LogP contribution in [0.3, 0.4) is 0 Å². The summed E-state index contributed by atoms with van der Waals surface area (Å²) in [5.74, 6) is 0.147. The largest absolute Gasteiger partial charge is 0.323 e. The Morgan fingerprint density at radius 3 is 2.81 bits per heavy atom. The van der Waals surface area contributed by atoms with E-state index in [1.807, 2.05) is 17.5 Å². The van der Waals surface area contributed by atoms with E-state index >= 15 is 0 Å². The molecule has 26 heavy (non-hydrogen) atoms. The van der Waals surface area contributed by atoms with E-state index in [2.05, 4.69) is 20.1 Å². The number of hydrogen-bond donors (Lipinski definition) is 1. The molecule has 1 saturated carbocycles. The SMILES string of the molecule is C[C@@H](Sc1nnc(-c2cccs2)n1C1CC1)C(=O)Nc1ccccc1F. The number of hydrogen-bond acceptors (Lipinski definition) is 5. The van der Waals surface area contributed by atoms with Gasteiger partial charge in [-0.3, -0.25) is 9.36 Å². The maximum absolute atomic E-state index is 13.7. The monoisotopic (exact) mass is 388 g/mol. The van der Waals surface area contributed by atoms with Gasteiger partial charge in [0.2, 0.25) is 5.91 Å². The molecule has 0 radical (unpaired) electrons. The second kappa shape index (κ2) is 7.20. The van der Waals surface area contributed by atoms with E-state index in [9.17, 15) is 9.18 Å². The smallest absolute Gasteiger partial charge is 0.237 e. The van der Waals surface area contributed by atoms with Gasteiger partial charge >= 0.3 is 0 Å². The molecule has 1 N–H and O–H groups in total. The molecule has 1 atom stereocenters. The lowest BCUT2D eigenvalue weighted by Crippen LogP contribution is -2.23. The highest BCUT2D eigenvalue weighted by Gasteiger charge is 2.31. The van der Waals surface area contributed by atoms with Gasteiger partial charge in [0.25, 0.3) is 0 Å². The van der Waals surface area contributed by atoms with E-state index in [-0.39, 0.29) is 11.6 Å². The van der Waals surface area contributed by atoms with Crippen molar-refractivity contribution < 1.29 is 9.18 Å². The first-order valence-corrected chi connectivity index (χ1v) is 10.1. The number of carbonyl (C=O) groups excluding carboxylic acids is 1. The normalized spacial score (nSPS) is 15.0. The Morgan fingerprint density at radius 2 is 2.12 bits per heavy atom. The molecular formula is C18H17FN4OS2. The lowest BCUT2D eigenvalue weighted by atomic mass is 10.3. The number of amides is 1. The summed E-state index contributed by atoms with van der Waals surface area (Å²) in [5.41, 5.74) is 0.188. The van der Waals surface area contributed by atoms with Gasteiger partial charge in [0.1, 0.15) is 5.82 Å². The highest BCUT2D eigenvalue weighted by molar-refractivity contribution is 8.00. The Balaban J connectivity index is 1.52. The van der Waals surface area contributed by atoms with Crippen LogP contribution in [0.2, 0.25) is 0 Å². The van der Waals surface area contributed by atoms with Gasteiger partial charge < -0.3 is 5.32 Å². The predicted octanol–water partition coefficient (Wildman–Crippen LogP) is 4.60. The summed E-state index contributed by atoms with van der Waals surface area (Å²) in [7, 11) is 0. The highest BCUT2D eigenvalue weighted by atomic mass is 32.2. The zero-order valence-corrected chi connectivity index (χ0v) is 15.7. The third-order valence-corrected chi connectivity index (χ3v) is 6.02. The molecule has 1 aromatic carbocycles. The molecule has 1 amide bonds. The van der Waals surface area contributed by atoms with Gasteiger partial charge in [-0.25, -0.2) is 4.39 Å². The lowest BCUT2D eigenvalue weighted by molar-refractivity contribution is -0.115. The van der Waals surface area contributed by atoms with Gasteiger partial charge in [-0.1, -0.05) is 30.0 Å². The second-order valence-corrected chi connectivity index (χ2v) is 8.37. The Bertz CT molecular complexity index is 921. The Kier molecular flexibility index (Phi) is 4.78. The second-order valence-electron chi connectivity index (χ2n) is 6.11. The summed E-state index contributed by atoms with van der Waals surface area (Å²) in [6, 6.07) is 10.6. The van der Waals surface area contributed by atoms with Crippen molar-refractivity contribution in [1.29, 1.82) is 0 Å². The summed E-state index contributed by atoms with van der Waals surface area (Å²) in [6.07, 6.45) is 2.19. The maximum Gasteiger partial charge on any atom is 0.237 e. The minimum absolute atomic E-state index is 0.188. The minimum atomic E-state index is -0.445. The molecule has 2 heterocycles. The van der Waals surface area contributed by atoms with E-state index in [0.717, 1.165) is 28.7 Å². The number of carbonyl (C=O) groups is 1. The predicted molar refractivity (Wildman–Crippen MR) is 102 cm³/mol. The van der Waals surface area contributed by atoms with Crippen molar-refractivity contribution >= 4 is 34.7 Å². The fourth-order valence-corrected chi connectivity index (χ4v) is 4.23. The molecule has 4 rings (SSSR count). The van der Waals surface area contributed by atoms with Gasteiger partial charge in [0, 0.05) is 6.04 Å². The van der Waals surface area contributed by atoms with Crippen LogP contribution in [-0.4, -0.2) is 25.9 Å². The zero-order chi connectivity index (χ0) is 18.1. The molecule has 0 unspecified atom stereocenters. The summed E-state index contributed by atoms with van der Waals surface area (Å²) >= 11 is 2.97. The average molecular weight is 388 g/mol. The van der Waals surface area contributed by atoms with E-state index in [4.69, 9.17) is 0 Å². The minimum Gasteiger partial charge on any atom is -0.323 e. The molecule has 0 saturated heterocycles. The van der Waals surface area contributed by atoms with Gasteiger partial charge in [0.05, 0.1) is 15.8 Å². The lowest BCUT2D eigenvalue weighted by Gasteiger charge is -2.13. The molecule has 2 aromatic heterocycles. The van der Waals surface area contributed by atoms with E-state index < -0.39 is 11.1 Å². The Hall–Kier alpha value is -2.19. The number of anilines is 1. The van der Waals surface area contributed by atoms with Crippen molar-refractivity contribution in [2.75, 3.05) is 5.32 Å². The van der Waals surface area contributed by atoms with Crippen LogP contribution in [0.4, 0.5) is 10.1 Å². The highest BCUT2D eigenvalue weighted by Crippen LogP contribution is 2.42. The van der Waals surface area contributed by atoms with Crippen molar-refractivity contribution in [3.8, 4) is 10.7 Å². The fraction of sp³-hybridized carbons (Fsp3) is 0.278. The first-order chi connectivity index (χ1) is 12.6. The van der Waals surface area contributed by atoms with E-state index in [1.165, 1.54) is 17.8 Å². The molecule has 3 aromatic rings. The summed E-state index contributed by atoms with van der Waals surface area (Å²) in [5, 5.41) is 13.6. The number of para-hydroxylation sites is 1. The molecule has 0 bridgehead atoms. The topological polar surface area (TPSA) is 59.8 Å². The van der Waals surface area contributed by atoms with Crippen LogP contribution in [0, 0.1) is 5.82 Å². The van der Waals surface area contributed by atoms with E-state index in [0.29, 0.717) is 6.04 Å². The quantitative estimate of drug-likeness (QED) is 0.627. The molecule has 1 aliphatic rings. The molecule has 5 nitrogen and oxygen atoms in total. The van der Waals surface area contributed by atoms with Crippen LogP contribution in [0.25, 0.3) is 10.7 Å². The number of aromatic nitrogens is 3. The van der Waals surface area contributed by atoms with E-state index in [1.54, 1.807) is 36.5 Å². The van der Waals surface area contributed by atoms with Crippen LogP contribution < -0.4 is 5.32 Å². The standard InChI is InChI=1S/C18H17FN4OS2/c1-11(17(24)20-14-6-3-2-5-13(14)19)26-18-22-21-16(15-7-4-10-25-15)23(18)12-8-9-12/h2-7,10-12H,8-9H2,1H3,(H,20,24)/t11-/m1/s1. The molecule has 0 aliphatic heterocycles. The van der Waals surface area contributed by atoms with Gasteiger partial charge in [-0.15, -0.1) is 21.5 Å². The van der Waals surface area contributed by atoms with Gasteiger partial charge in [-0.05, 0) is 43.3 Å². The summed E-state index contributed by atoms with van der Waals surface area (Å²) in [6.45, 7) is 1.79. The maximum atomic E-state index is 13.7. The van der Waals surface area contributed by atoms with Crippen LogP contribution in [0.5, 0.6) is 0 Å².